The largest absolute Gasteiger partial charge is 0.505 e. The zero-order valence-corrected chi connectivity index (χ0v) is 20.9. The predicted octanol–water partition coefficient (Wildman–Crippen LogP) is 5.62. The lowest BCUT2D eigenvalue weighted by Gasteiger charge is -2.14. The minimum atomic E-state index is -0.187. The van der Waals surface area contributed by atoms with Crippen LogP contribution in [0.5, 0.6) is 5.75 Å². The molecule has 8 nitrogen and oxygen atoms in total. The average molecular weight is 511 g/mol. The minimum Gasteiger partial charge on any atom is -0.505 e. The van der Waals surface area contributed by atoms with Gasteiger partial charge < -0.3 is 20.6 Å². The fourth-order valence-corrected chi connectivity index (χ4v) is 3.95. The van der Waals surface area contributed by atoms with Crippen molar-refractivity contribution >= 4 is 57.2 Å². The number of halogens is 2. The molecule has 0 unspecified atom stereocenters. The number of aromatic hydroxyl groups is 1. The number of carbonyl (C=O) groups excluding carboxylic acids is 1. The van der Waals surface area contributed by atoms with E-state index in [2.05, 4.69) is 25.5 Å². The van der Waals surface area contributed by atoms with Crippen LogP contribution >= 0.6 is 23.2 Å². The Kier molecular flexibility index (Phi) is 7.35. The van der Waals surface area contributed by atoms with Crippen LogP contribution in [0.1, 0.15) is 17.3 Å². The fourth-order valence-electron chi connectivity index (χ4n) is 3.46. The number of carbonyl (C=O) groups is 1. The molecule has 35 heavy (non-hydrogen) atoms. The minimum absolute atomic E-state index is 0.119. The monoisotopic (exact) mass is 510 g/mol. The molecule has 0 saturated heterocycles. The number of pyridine rings is 3. The number of hydrogen-bond acceptors (Lipinski definition) is 8. The van der Waals surface area contributed by atoms with Gasteiger partial charge in [0.25, 0.3) is 0 Å². The Bertz CT molecular complexity index is 1370. The normalized spacial score (nSPS) is 11.1. The highest BCUT2D eigenvalue weighted by atomic mass is 35.5. The summed E-state index contributed by atoms with van der Waals surface area (Å²) < 4.78 is 0. The van der Waals surface area contributed by atoms with Gasteiger partial charge in [-0.25, -0.2) is 9.97 Å². The molecule has 10 heteroatoms. The molecule has 0 aliphatic carbocycles. The number of aromatic nitrogens is 3. The van der Waals surface area contributed by atoms with Crippen molar-refractivity contribution in [2.75, 3.05) is 37.8 Å². The topological polar surface area (TPSA) is 103 Å². The van der Waals surface area contributed by atoms with Crippen molar-refractivity contribution in [1.29, 1.82) is 0 Å². The van der Waals surface area contributed by atoms with E-state index in [1.54, 1.807) is 30.5 Å². The number of likely N-dealkylation sites (N-methyl/N-ethyl adjacent to an activating group) is 1. The van der Waals surface area contributed by atoms with E-state index >= 15 is 0 Å². The van der Waals surface area contributed by atoms with Gasteiger partial charge in [-0.15, -0.1) is 0 Å². The number of fused-ring (bicyclic) bond motifs is 1. The molecular weight excluding hydrogens is 487 g/mol. The molecule has 3 aromatic heterocycles. The van der Waals surface area contributed by atoms with Gasteiger partial charge >= 0.3 is 0 Å². The molecule has 0 amide bonds. The van der Waals surface area contributed by atoms with Crippen molar-refractivity contribution in [3.63, 3.8) is 0 Å². The number of ketones is 1. The number of phenols is 1. The van der Waals surface area contributed by atoms with Crippen molar-refractivity contribution in [3.05, 3.63) is 64.4 Å². The maximum Gasteiger partial charge on any atom is 0.163 e. The molecule has 0 bridgehead atoms. The van der Waals surface area contributed by atoms with Crippen molar-refractivity contribution in [2.24, 2.45) is 0 Å². The Hall–Kier alpha value is -3.46. The lowest BCUT2D eigenvalue weighted by Crippen LogP contribution is -2.21. The number of hydrogen-bond donors (Lipinski definition) is 3. The van der Waals surface area contributed by atoms with Gasteiger partial charge in [0.15, 0.2) is 11.5 Å². The van der Waals surface area contributed by atoms with E-state index in [0.717, 1.165) is 18.9 Å². The first-order valence-electron chi connectivity index (χ1n) is 10.8. The maximum absolute atomic E-state index is 12.4. The van der Waals surface area contributed by atoms with E-state index in [1.165, 1.54) is 13.1 Å². The van der Waals surface area contributed by atoms with Crippen LogP contribution in [0.25, 0.3) is 22.3 Å². The number of benzene rings is 1. The first-order valence-corrected chi connectivity index (χ1v) is 11.6. The van der Waals surface area contributed by atoms with Gasteiger partial charge in [-0.1, -0.05) is 23.2 Å². The van der Waals surface area contributed by atoms with Crippen LogP contribution in [0.15, 0.2) is 48.8 Å². The highest BCUT2D eigenvalue weighted by molar-refractivity contribution is 6.37. The summed E-state index contributed by atoms with van der Waals surface area (Å²) in [5.74, 6) is 0.415. The average Bonchev–Trinajstić information content (AvgIpc) is 2.82. The summed E-state index contributed by atoms with van der Waals surface area (Å²) in [7, 11) is 4.02. The highest BCUT2D eigenvalue weighted by Crippen LogP contribution is 2.37. The molecule has 0 radical (unpaired) electrons. The first-order chi connectivity index (χ1) is 16.7. The van der Waals surface area contributed by atoms with Gasteiger partial charge in [0.1, 0.15) is 11.3 Å². The summed E-state index contributed by atoms with van der Waals surface area (Å²) in [6, 6.07) is 10.5. The number of anilines is 3. The van der Waals surface area contributed by atoms with E-state index in [9.17, 15) is 9.90 Å². The molecule has 4 rings (SSSR count). The fraction of sp³-hybridized carbons (Fsp3) is 0.200. The SMILES string of the molecule is CC(=O)c1cnc2ccc(-c3cc(Cl)c(O)c(Cl)c3)nc2c1Nc1ccc(NCCN(C)C)nc1. The van der Waals surface area contributed by atoms with E-state index in [0.29, 0.717) is 39.2 Å². The van der Waals surface area contributed by atoms with Gasteiger partial charge in [-0.05, 0) is 57.4 Å². The van der Waals surface area contributed by atoms with Crippen LogP contribution in [0.2, 0.25) is 10.0 Å². The Morgan fingerprint density at radius 1 is 1.06 bits per heavy atom. The van der Waals surface area contributed by atoms with Gasteiger partial charge in [-0.3, -0.25) is 9.78 Å². The molecule has 4 aromatic rings. The standard InChI is InChI=1S/C25H24Cl2N6O2/c1-14(34)17-13-29-21-6-5-20(15-10-18(26)25(35)19(27)11-15)32-24(21)23(17)31-16-4-7-22(30-12-16)28-8-9-33(2)3/h4-7,10-13,35H,8-9H2,1-3H3,(H,28,30)(H,29,31). The third kappa shape index (κ3) is 5.62. The molecule has 3 N–H and O–H groups in total. The van der Waals surface area contributed by atoms with Gasteiger partial charge in [0, 0.05) is 24.8 Å². The van der Waals surface area contributed by atoms with Crippen LogP contribution in [0, 0.1) is 0 Å². The molecule has 1 aromatic carbocycles. The second-order valence-corrected chi connectivity index (χ2v) is 9.06. The van der Waals surface area contributed by atoms with Crippen molar-refractivity contribution in [3.8, 4) is 17.0 Å². The molecule has 0 atom stereocenters. The summed E-state index contributed by atoms with van der Waals surface area (Å²) in [6.45, 7) is 3.14. The molecule has 0 aliphatic heterocycles. The summed E-state index contributed by atoms with van der Waals surface area (Å²) in [6.07, 6.45) is 3.23. The summed E-state index contributed by atoms with van der Waals surface area (Å²) >= 11 is 12.2. The number of rotatable bonds is 8. The molecule has 0 aliphatic rings. The van der Waals surface area contributed by atoms with Crippen LogP contribution in [0.4, 0.5) is 17.2 Å². The highest BCUT2D eigenvalue weighted by Gasteiger charge is 2.16. The van der Waals surface area contributed by atoms with Crippen LogP contribution < -0.4 is 10.6 Å². The zero-order chi connectivity index (χ0) is 25.1. The lowest BCUT2D eigenvalue weighted by molar-refractivity contribution is 0.101. The molecule has 180 valence electrons. The molecule has 0 saturated carbocycles. The maximum atomic E-state index is 12.4. The lowest BCUT2D eigenvalue weighted by atomic mass is 10.1. The van der Waals surface area contributed by atoms with E-state index < -0.39 is 0 Å². The van der Waals surface area contributed by atoms with Crippen molar-refractivity contribution in [2.45, 2.75) is 6.92 Å². The molecule has 0 fully saturated rings. The number of nitrogens with one attached hydrogen (secondary N) is 2. The van der Waals surface area contributed by atoms with Crippen LogP contribution in [-0.2, 0) is 0 Å². The Balaban J connectivity index is 1.72. The third-order valence-corrected chi connectivity index (χ3v) is 5.88. The zero-order valence-electron chi connectivity index (χ0n) is 19.4. The third-order valence-electron chi connectivity index (χ3n) is 5.30. The van der Waals surface area contributed by atoms with E-state index in [-0.39, 0.29) is 21.6 Å². The summed E-state index contributed by atoms with van der Waals surface area (Å²) in [4.78, 5) is 28.1. The second kappa shape index (κ2) is 10.4. The van der Waals surface area contributed by atoms with E-state index in [1.807, 2.05) is 26.2 Å². The van der Waals surface area contributed by atoms with Crippen LogP contribution in [-0.4, -0.2) is 57.9 Å². The van der Waals surface area contributed by atoms with Crippen LogP contribution in [0.3, 0.4) is 0 Å². The smallest absolute Gasteiger partial charge is 0.163 e. The Morgan fingerprint density at radius 3 is 2.43 bits per heavy atom. The number of Topliss-reactive ketones (excluding diaryl/α,β-unsaturated/α-hetero) is 1. The molecular formula is C25H24Cl2N6O2. The van der Waals surface area contributed by atoms with E-state index in [4.69, 9.17) is 28.2 Å². The van der Waals surface area contributed by atoms with Crippen molar-refractivity contribution in [1.82, 2.24) is 19.9 Å². The molecule has 3 heterocycles. The first kappa shape index (κ1) is 24.7. The predicted molar refractivity (Wildman–Crippen MR) is 141 cm³/mol. The van der Waals surface area contributed by atoms with Gasteiger partial charge in [-0.2, -0.15) is 0 Å². The van der Waals surface area contributed by atoms with Gasteiger partial charge in [0.2, 0.25) is 0 Å². The summed E-state index contributed by atoms with van der Waals surface area (Å²) in [5.41, 5.74) is 3.91. The number of phenolic OH excluding ortho intramolecular Hbond substituents is 1. The molecule has 0 spiro atoms. The Labute approximate surface area is 212 Å². The number of nitrogens with zero attached hydrogens (tertiary/aromatic N) is 4. The van der Waals surface area contributed by atoms with Gasteiger partial charge in [0.05, 0.1) is 44.4 Å². The van der Waals surface area contributed by atoms with Crippen molar-refractivity contribution < 1.29 is 9.90 Å². The summed E-state index contributed by atoms with van der Waals surface area (Å²) in [5, 5.41) is 16.7. The second-order valence-electron chi connectivity index (χ2n) is 8.24. The Morgan fingerprint density at radius 2 is 1.80 bits per heavy atom. The quantitative estimate of drug-likeness (QED) is 0.262.